The van der Waals surface area contributed by atoms with Crippen molar-refractivity contribution in [3.63, 3.8) is 0 Å². The second kappa shape index (κ2) is 8.12. The molecule has 1 aromatic rings. The molecule has 0 heterocycles. The summed E-state index contributed by atoms with van der Waals surface area (Å²) in [4.78, 5) is 15.3. The van der Waals surface area contributed by atoms with Crippen molar-refractivity contribution < 1.29 is 13.6 Å². The van der Waals surface area contributed by atoms with Gasteiger partial charge in [-0.05, 0) is 29.7 Å². The van der Waals surface area contributed by atoms with Crippen LogP contribution in [0.1, 0.15) is 19.4 Å². The molecule has 0 aliphatic heterocycles. The third kappa shape index (κ3) is 4.79. The van der Waals surface area contributed by atoms with Crippen molar-refractivity contribution in [1.29, 1.82) is 0 Å². The van der Waals surface area contributed by atoms with E-state index in [4.69, 9.17) is 5.73 Å². The number of hydrogen-bond acceptors (Lipinski definition) is 3. The molecule has 1 aliphatic carbocycles. The quantitative estimate of drug-likeness (QED) is 0.605. The highest BCUT2D eigenvalue weighted by Crippen LogP contribution is 2.30. The summed E-state index contributed by atoms with van der Waals surface area (Å²) in [5, 5.41) is 0. The van der Waals surface area contributed by atoms with Crippen LogP contribution in [0.3, 0.4) is 0 Å². The van der Waals surface area contributed by atoms with Gasteiger partial charge < -0.3 is 5.73 Å². The van der Waals surface area contributed by atoms with Crippen LogP contribution in [-0.2, 0) is 11.2 Å². The number of nitrogens with zero attached hydrogens (tertiary/aromatic N) is 1. The second-order valence-electron chi connectivity index (χ2n) is 6.32. The van der Waals surface area contributed by atoms with E-state index in [1.54, 1.807) is 6.21 Å². The van der Waals surface area contributed by atoms with Crippen LogP contribution in [0.25, 0.3) is 0 Å². The van der Waals surface area contributed by atoms with E-state index < -0.39 is 17.7 Å². The molecule has 25 heavy (non-hydrogen) atoms. The lowest BCUT2D eigenvalue weighted by atomic mass is 9.90. The summed E-state index contributed by atoms with van der Waals surface area (Å²) in [6.07, 6.45) is 6.60. The van der Waals surface area contributed by atoms with Crippen molar-refractivity contribution in [1.82, 2.24) is 0 Å². The van der Waals surface area contributed by atoms with Crippen LogP contribution >= 0.6 is 0 Å². The molecule has 0 saturated carbocycles. The van der Waals surface area contributed by atoms with Crippen LogP contribution in [0.4, 0.5) is 8.78 Å². The van der Waals surface area contributed by atoms with Crippen molar-refractivity contribution in [3.05, 3.63) is 71.0 Å². The maximum Gasteiger partial charge on any atom is 0.146 e. The van der Waals surface area contributed by atoms with E-state index in [9.17, 15) is 13.6 Å². The lowest BCUT2D eigenvalue weighted by Gasteiger charge is -2.16. The lowest BCUT2D eigenvalue weighted by molar-refractivity contribution is -0.105. The standard InChI is InChI=1S/C20H22F2N2O/c1-12(19-5-4-16(11-25)13(19)2)10-24-14(3)20(23)8-15-6-17(21)9-18(22)7-15/h4-7,9-13,20H,3,8,23H2,1-2H3/b24-10-/t12?,13?,20-/m0/s1. The molecule has 0 radical (unpaired) electrons. The van der Waals surface area contributed by atoms with Gasteiger partial charge in [-0.2, -0.15) is 0 Å². The molecular formula is C20H22F2N2O. The van der Waals surface area contributed by atoms with Crippen LogP contribution in [0.5, 0.6) is 0 Å². The fourth-order valence-electron chi connectivity index (χ4n) is 2.85. The normalized spacial score (nSPS) is 19.5. The third-order valence-electron chi connectivity index (χ3n) is 4.40. The Labute approximate surface area is 146 Å². The lowest BCUT2D eigenvalue weighted by Crippen LogP contribution is -2.24. The molecule has 0 saturated heterocycles. The van der Waals surface area contributed by atoms with Crippen LogP contribution in [-0.4, -0.2) is 18.5 Å². The Morgan fingerprint density at radius 2 is 1.96 bits per heavy atom. The van der Waals surface area contributed by atoms with E-state index in [0.29, 0.717) is 11.3 Å². The van der Waals surface area contributed by atoms with Crippen molar-refractivity contribution in [3.8, 4) is 0 Å². The highest BCUT2D eigenvalue weighted by atomic mass is 19.1. The zero-order valence-corrected chi connectivity index (χ0v) is 14.4. The molecular weight excluding hydrogens is 322 g/mol. The largest absolute Gasteiger partial charge is 0.322 e. The predicted molar refractivity (Wildman–Crippen MR) is 96.2 cm³/mol. The van der Waals surface area contributed by atoms with Gasteiger partial charge in [-0.1, -0.05) is 38.2 Å². The summed E-state index contributed by atoms with van der Waals surface area (Å²) in [7, 11) is 0. The van der Waals surface area contributed by atoms with Crippen molar-refractivity contribution >= 4 is 12.5 Å². The Kier molecular flexibility index (Phi) is 6.15. The topological polar surface area (TPSA) is 55.5 Å². The van der Waals surface area contributed by atoms with Crippen LogP contribution in [0, 0.1) is 23.5 Å². The number of halogens is 2. The first kappa shape index (κ1) is 18.9. The molecule has 0 amide bonds. The monoisotopic (exact) mass is 344 g/mol. The van der Waals surface area contributed by atoms with Gasteiger partial charge in [-0.15, -0.1) is 0 Å². The van der Waals surface area contributed by atoms with Gasteiger partial charge in [0.25, 0.3) is 0 Å². The minimum atomic E-state index is -0.634. The van der Waals surface area contributed by atoms with Gasteiger partial charge in [0.05, 0.1) is 6.04 Å². The number of aldehydes is 1. The summed E-state index contributed by atoms with van der Waals surface area (Å²) in [5.74, 6) is -1.17. The number of allylic oxidation sites excluding steroid dienone is 4. The molecule has 0 aromatic heterocycles. The number of nitrogens with two attached hydrogens (primary N) is 1. The number of carbonyl (C=O) groups is 1. The van der Waals surface area contributed by atoms with Gasteiger partial charge >= 0.3 is 0 Å². The molecule has 0 bridgehead atoms. The van der Waals surface area contributed by atoms with Crippen molar-refractivity contribution in [2.24, 2.45) is 22.6 Å². The van der Waals surface area contributed by atoms with E-state index in [-0.39, 0.29) is 18.3 Å². The number of rotatable bonds is 7. The number of hydrogen-bond donors (Lipinski definition) is 1. The maximum atomic E-state index is 13.2. The first-order chi connectivity index (χ1) is 11.8. The SMILES string of the molecule is C=C(/N=C\C(C)C1=CC=C(C=O)C1C)[C@@H](N)Cc1cc(F)cc(F)c1. The average molecular weight is 344 g/mol. The first-order valence-electron chi connectivity index (χ1n) is 8.12. The second-order valence-corrected chi connectivity index (χ2v) is 6.32. The molecule has 1 aliphatic rings. The molecule has 132 valence electrons. The first-order valence-corrected chi connectivity index (χ1v) is 8.12. The fourth-order valence-corrected chi connectivity index (χ4v) is 2.85. The average Bonchev–Trinajstić information content (AvgIpc) is 2.92. The highest BCUT2D eigenvalue weighted by molar-refractivity contribution is 5.79. The van der Waals surface area contributed by atoms with Gasteiger partial charge in [0, 0.05) is 29.8 Å². The van der Waals surface area contributed by atoms with Gasteiger partial charge in [0.1, 0.15) is 17.9 Å². The van der Waals surface area contributed by atoms with Crippen molar-refractivity contribution in [2.75, 3.05) is 0 Å². The van der Waals surface area contributed by atoms with Gasteiger partial charge in [0.2, 0.25) is 0 Å². The van der Waals surface area contributed by atoms with Gasteiger partial charge in [-0.3, -0.25) is 9.79 Å². The fraction of sp³-hybridized carbons (Fsp3) is 0.300. The predicted octanol–water partition coefficient (Wildman–Crippen LogP) is 3.76. The van der Waals surface area contributed by atoms with Crippen molar-refractivity contribution in [2.45, 2.75) is 26.3 Å². The van der Waals surface area contributed by atoms with E-state index in [1.807, 2.05) is 26.0 Å². The van der Waals surface area contributed by atoms with E-state index >= 15 is 0 Å². The maximum absolute atomic E-state index is 13.2. The Bertz CT molecular complexity index is 745. The zero-order valence-electron chi connectivity index (χ0n) is 14.4. The summed E-state index contributed by atoms with van der Waals surface area (Å²) in [6, 6.07) is 2.78. The molecule has 5 heteroatoms. The number of aliphatic imine (C=N–C) groups is 1. The van der Waals surface area contributed by atoms with Crippen LogP contribution < -0.4 is 5.73 Å². The molecule has 1 aromatic carbocycles. The summed E-state index contributed by atoms with van der Waals surface area (Å²) < 4.78 is 26.5. The Morgan fingerprint density at radius 1 is 1.32 bits per heavy atom. The smallest absolute Gasteiger partial charge is 0.146 e. The Balaban J connectivity index is 1.96. The molecule has 2 rings (SSSR count). The molecule has 3 nitrogen and oxygen atoms in total. The number of benzene rings is 1. The summed E-state index contributed by atoms with van der Waals surface area (Å²) in [6.45, 7) is 7.80. The zero-order chi connectivity index (χ0) is 18.6. The Hall–Kier alpha value is -2.40. The van der Waals surface area contributed by atoms with E-state index in [2.05, 4.69) is 11.6 Å². The minimum absolute atomic E-state index is 0.0271. The molecule has 3 atom stereocenters. The molecule has 2 N–H and O–H groups in total. The minimum Gasteiger partial charge on any atom is -0.322 e. The summed E-state index contributed by atoms with van der Waals surface area (Å²) in [5.41, 5.74) is 8.77. The molecule has 2 unspecified atom stereocenters. The van der Waals surface area contributed by atoms with Gasteiger partial charge in [-0.25, -0.2) is 8.78 Å². The van der Waals surface area contributed by atoms with Crippen LogP contribution in [0.15, 0.2) is 58.8 Å². The third-order valence-corrected chi connectivity index (χ3v) is 4.40. The van der Waals surface area contributed by atoms with E-state index in [0.717, 1.165) is 23.5 Å². The van der Waals surface area contributed by atoms with Crippen LogP contribution in [0.2, 0.25) is 0 Å². The Morgan fingerprint density at radius 3 is 2.52 bits per heavy atom. The highest BCUT2D eigenvalue weighted by Gasteiger charge is 2.21. The molecule has 0 spiro atoms. The van der Waals surface area contributed by atoms with E-state index in [1.165, 1.54) is 12.1 Å². The van der Waals surface area contributed by atoms with Gasteiger partial charge in [0.15, 0.2) is 0 Å². The molecule has 0 fully saturated rings. The summed E-state index contributed by atoms with van der Waals surface area (Å²) >= 11 is 0. The number of carbonyl (C=O) groups excluding carboxylic acids is 1.